The van der Waals surface area contributed by atoms with Crippen LogP contribution in [0.3, 0.4) is 0 Å². The smallest absolute Gasteiger partial charge is 0.336 e. The van der Waals surface area contributed by atoms with Gasteiger partial charge >= 0.3 is 5.97 Å². The lowest BCUT2D eigenvalue weighted by Crippen LogP contribution is -2.45. The number of hydrogen-bond donors (Lipinski definition) is 2. The molecule has 0 saturated heterocycles. The SMILES string of the molecule is CC(C)NC(=O)c1ccc(C(=O)O)c(C2=c3cc4c5c(c3Oc3c2cc2c6c3CCCN6CCC2)CCC[N+]=5CCC4)c1. The Morgan fingerprint density at radius 1 is 0.884 bits per heavy atom. The van der Waals surface area contributed by atoms with E-state index in [9.17, 15) is 14.7 Å². The predicted octanol–water partition coefficient (Wildman–Crippen LogP) is 3.96. The zero-order chi connectivity index (χ0) is 29.4. The summed E-state index contributed by atoms with van der Waals surface area (Å²) in [6.45, 7) is 8.12. The summed E-state index contributed by atoms with van der Waals surface area (Å²) in [5.41, 5.74) is 9.58. The van der Waals surface area contributed by atoms with Gasteiger partial charge in [-0.2, -0.15) is 0 Å². The molecule has 0 spiro atoms. The summed E-state index contributed by atoms with van der Waals surface area (Å²) in [5.74, 6) is 0.563. The highest BCUT2D eigenvalue weighted by Crippen LogP contribution is 2.48. The fourth-order valence-corrected chi connectivity index (χ4v) is 8.23. The fraction of sp³-hybridized carbons (Fsp3) is 0.417. The van der Waals surface area contributed by atoms with E-state index in [1.54, 1.807) is 18.2 Å². The third kappa shape index (κ3) is 4.11. The number of nitrogens with zero attached hydrogens (tertiary/aromatic N) is 2. The molecule has 1 amide bonds. The predicted molar refractivity (Wildman–Crippen MR) is 166 cm³/mol. The lowest BCUT2D eigenvalue weighted by atomic mass is 9.81. The highest BCUT2D eigenvalue weighted by Gasteiger charge is 2.36. The molecule has 3 aromatic carbocycles. The Balaban J connectivity index is 1.50. The molecule has 7 heteroatoms. The van der Waals surface area contributed by atoms with Crippen LogP contribution in [0, 0.1) is 0 Å². The van der Waals surface area contributed by atoms with E-state index in [2.05, 4.69) is 26.9 Å². The van der Waals surface area contributed by atoms with Crippen LogP contribution < -0.4 is 30.1 Å². The van der Waals surface area contributed by atoms with E-state index in [4.69, 9.17) is 4.74 Å². The second-order valence-corrected chi connectivity index (χ2v) is 13.0. The number of carboxylic acids is 1. The number of nitrogens with one attached hydrogen (secondary N) is 1. The molecule has 5 aliphatic rings. The molecule has 220 valence electrons. The fourth-order valence-electron chi connectivity index (χ4n) is 8.23. The van der Waals surface area contributed by atoms with E-state index in [1.165, 1.54) is 33.3 Å². The molecule has 5 aliphatic heterocycles. The highest BCUT2D eigenvalue weighted by atomic mass is 16.5. The third-order valence-corrected chi connectivity index (χ3v) is 9.89. The lowest BCUT2D eigenvalue weighted by molar-refractivity contribution is 0.0695. The molecule has 3 aromatic rings. The summed E-state index contributed by atoms with van der Waals surface area (Å²) in [6.07, 6.45) is 8.25. The van der Waals surface area contributed by atoms with Crippen LogP contribution >= 0.6 is 0 Å². The standard InChI is InChI=1S/C36H37N3O4/c1-20(2)37-35(40)23-11-12-24(36(41)42)27(19-23)30-28-17-21-7-3-13-38-15-5-9-25(31(21)38)33(28)43-34-26-10-6-16-39-14-4-8-22(32(26)39)18-29(30)34/h11-12,17-20H,3-10,13-16H2,1-2H3,(H-,37,40,41,42)/p+1. The van der Waals surface area contributed by atoms with Gasteiger partial charge < -0.3 is 20.1 Å². The average molecular weight is 577 g/mol. The van der Waals surface area contributed by atoms with Crippen molar-refractivity contribution in [3.05, 3.63) is 85.4 Å². The second-order valence-electron chi connectivity index (χ2n) is 13.0. The molecule has 0 aromatic heterocycles. The maximum atomic E-state index is 13.2. The van der Waals surface area contributed by atoms with Crippen molar-refractivity contribution in [1.29, 1.82) is 0 Å². The first-order valence-corrected chi connectivity index (χ1v) is 16.0. The maximum Gasteiger partial charge on any atom is 0.336 e. The Morgan fingerprint density at radius 2 is 1.63 bits per heavy atom. The Morgan fingerprint density at radius 3 is 2.42 bits per heavy atom. The molecule has 0 fully saturated rings. The van der Waals surface area contributed by atoms with Crippen LogP contribution in [-0.2, 0) is 25.7 Å². The molecule has 2 N–H and O–H groups in total. The van der Waals surface area contributed by atoms with Crippen molar-refractivity contribution in [2.24, 2.45) is 0 Å². The Kier molecular flexibility index (Phi) is 6.14. The Labute approximate surface area is 251 Å². The zero-order valence-corrected chi connectivity index (χ0v) is 25.0. The minimum atomic E-state index is -0.996. The van der Waals surface area contributed by atoms with E-state index >= 15 is 0 Å². The number of ether oxygens (including phenoxy) is 1. The van der Waals surface area contributed by atoms with Crippen LogP contribution in [0.4, 0.5) is 5.69 Å². The Hall–Kier alpha value is -4.13. The monoisotopic (exact) mass is 576 g/mol. The van der Waals surface area contributed by atoms with Crippen molar-refractivity contribution in [2.75, 3.05) is 31.1 Å². The van der Waals surface area contributed by atoms with Gasteiger partial charge in [0.2, 0.25) is 5.36 Å². The number of carboxylic acid groups (broad SMARTS) is 1. The summed E-state index contributed by atoms with van der Waals surface area (Å²) in [6, 6.07) is 9.54. The molecule has 0 atom stereocenters. The number of hydrogen-bond acceptors (Lipinski definition) is 4. The molecular weight excluding hydrogens is 538 g/mol. The summed E-state index contributed by atoms with van der Waals surface area (Å²) >= 11 is 0. The van der Waals surface area contributed by atoms with Crippen molar-refractivity contribution < 1.29 is 19.4 Å². The maximum absolute atomic E-state index is 13.2. The van der Waals surface area contributed by atoms with E-state index in [1.807, 2.05) is 13.8 Å². The molecule has 43 heavy (non-hydrogen) atoms. The van der Waals surface area contributed by atoms with E-state index in [0.29, 0.717) is 11.1 Å². The lowest BCUT2D eigenvalue weighted by Gasteiger charge is -2.39. The van der Waals surface area contributed by atoms with Gasteiger partial charge in [0, 0.05) is 70.7 Å². The summed E-state index contributed by atoms with van der Waals surface area (Å²) < 4.78 is 9.62. The average Bonchev–Trinajstić information content (AvgIpc) is 3.00. The molecule has 0 radical (unpaired) electrons. The Bertz CT molecular complexity index is 1870. The van der Waals surface area contributed by atoms with Crippen LogP contribution in [0.15, 0.2) is 30.3 Å². The topological polar surface area (TPSA) is 81.9 Å². The van der Waals surface area contributed by atoms with Gasteiger partial charge in [-0.3, -0.25) is 4.79 Å². The van der Waals surface area contributed by atoms with Crippen LogP contribution in [0.5, 0.6) is 11.5 Å². The number of aryl methyl sites for hydroxylation is 2. The first kappa shape index (κ1) is 26.5. The van der Waals surface area contributed by atoms with Gasteiger partial charge in [0.25, 0.3) is 5.91 Å². The number of rotatable bonds is 4. The minimum absolute atomic E-state index is 0.0302. The largest absolute Gasteiger partial charge is 0.478 e. The van der Waals surface area contributed by atoms with Crippen LogP contribution in [0.1, 0.15) is 93.6 Å². The van der Waals surface area contributed by atoms with Crippen molar-refractivity contribution in [3.63, 3.8) is 0 Å². The highest BCUT2D eigenvalue weighted by molar-refractivity contribution is 6.02. The van der Waals surface area contributed by atoms with Crippen molar-refractivity contribution in [1.82, 2.24) is 9.89 Å². The zero-order valence-electron chi connectivity index (χ0n) is 25.0. The minimum Gasteiger partial charge on any atom is -0.478 e. The number of carbonyl (C=O) groups excluding carboxylic acids is 1. The normalized spacial score (nSPS) is 17.9. The summed E-state index contributed by atoms with van der Waals surface area (Å²) in [5, 5.41) is 15.8. The van der Waals surface area contributed by atoms with Gasteiger partial charge in [-0.25, -0.2) is 9.37 Å². The first-order chi connectivity index (χ1) is 20.9. The van der Waals surface area contributed by atoms with Crippen LogP contribution in [-0.4, -0.2) is 49.2 Å². The van der Waals surface area contributed by atoms with Gasteiger partial charge in [0.15, 0.2) is 0 Å². The van der Waals surface area contributed by atoms with Crippen LogP contribution in [0.25, 0.3) is 5.57 Å². The molecular formula is C36H38N3O4+. The number of carbonyl (C=O) groups is 2. The van der Waals surface area contributed by atoms with Crippen molar-refractivity contribution in [2.45, 2.75) is 71.3 Å². The van der Waals surface area contributed by atoms with E-state index < -0.39 is 5.97 Å². The van der Waals surface area contributed by atoms with Crippen molar-refractivity contribution in [3.8, 4) is 11.5 Å². The first-order valence-electron chi connectivity index (χ1n) is 16.0. The molecule has 5 heterocycles. The molecule has 7 nitrogen and oxygen atoms in total. The van der Waals surface area contributed by atoms with E-state index in [-0.39, 0.29) is 17.5 Å². The molecule has 0 aliphatic carbocycles. The van der Waals surface area contributed by atoms with Gasteiger partial charge in [-0.15, -0.1) is 0 Å². The summed E-state index contributed by atoms with van der Waals surface area (Å²) in [4.78, 5) is 28.6. The van der Waals surface area contributed by atoms with E-state index in [0.717, 1.165) is 105 Å². The molecule has 8 rings (SSSR count). The second kappa shape index (κ2) is 9.97. The number of anilines is 1. The van der Waals surface area contributed by atoms with Gasteiger partial charge in [0.1, 0.15) is 24.6 Å². The molecule has 0 unspecified atom stereocenters. The number of fused-ring (bicyclic) bond motifs is 4. The number of benzene rings is 3. The van der Waals surface area contributed by atoms with Gasteiger partial charge in [-0.1, -0.05) is 0 Å². The number of amides is 1. The third-order valence-electron chi connectivity index (χ3n) is 9.89. The van der Waals surface area contributed by atoms with Gasteiger partial charge in [0.05, 0.1) is 11.1 Å². The number of aromatic carboxylic acids is 1. The summed E-state index contributed by atoms with van der Waals surface area (Å²) in [7, 11) is 0. The van der Waals surface area contributed by atoms with Crippen LogP contribution in [0.2, 0.25) is 0 Å². The molecule has 0 saturated carbocycles. The molecule has 0 bridgehead atoms. The quantitative estimate of drug-likeness (QED) is 0.360. The van der Waals surface area contributed by atoms with Crippen molar-refractivity contribution >= 4 is 23.1 Å². The van der Waals surface area contributed by atoms with Gasteiger partial charge in [-0.05, 0) is 93.8 Å².